The van der Waals surface area contributed by atoms with Crippen LogP contribution in [-0.4, -0.2) is 22.8 Å². The highest BCUT2D eigenvalue weighted by Gasteiger charge is 2.04. The van der Waals surface area contributed by atoms with Crippen molar-refractivity contribution < 1.29 is 9.53 Å². The van der Waals surface area contributed by atoms with Crippen LogP contribution in [0.2, 0.25) is 0 Å². The average Bonchev–Trinajstić information content (AvgIpc) is 3.07. The molecule has 0 bridgehead atoms. The van der Waals surface area contributed by atoms with Gasteiger partial charge in [-0.05, 0) is 45.3 Å². The molecule has 0 spiro atoms. The molecule has 0 aliphatic carbocycles. The highest BCUT2D eigenvalue weighted by Crippen LogP contribution is 2.25. The number of hydrogen-bond acceptors (Lipinski definition) is 3. The van der Waals surface area contributed by atoms with E-state index in [9.17, 15) is 4.79 Å². The first-order valence-electron chi connectivity index (χ1n) is 8.04. The lowest BCUT2D eigenvalue weighted by molar-refractivity contribution is -0.111. The van der Waals surface area contributed by atoms with E-state index in [2.05, 4.69) is 26.3 Å². The molecule has 0 atom stereocenters. The summed E-state index contributed by atoms with van der Waals surface area (Å²) in [5, 5.41) is 7.13. The Kier molecular flexibility index (Phi) is 5.86. The maximum atomic E-state index is 12.1. The van der Waals surface area contributed by atoms with Crippen molar-refractivity contribution in [2.75, 3.05) is 12.4 Å². The van der Waals surface area contributed by atoms with E-state index < -0.39 is 0 Å². The van der Waals surface area contributed by atoms with Crippen LogP contribution in [0, 0.1) is 0 Å². The van der Waals surface area contributed by atoms with Gasteiger partial charge < -0.3 is 10.1 Å². The minimum atomic E-state index is -0.234. The minimum Gasteiger partial charge on any atom is -0.496 e. The Hall–Kier alpha value is -2.86. The van der Waals surface area contributed by atoms with Gasteiger partial charge in [-0.25, -0.2) is 0 Å². The number of halogens is 1. The molecule has 1 heterocycles. The van der Waals surface area contributed by atoms with Gasteiger partial charge in [0.05, 0.1) is 18.1 Å². The lowest BCUT2D eigenvalue weighted by atomic mass is 10.2. The number of aromatic nitrogens is 2. The van der Waals surface area contributed by atoms with Crippen LogP contribution in [0.15, 0.2) is 71.3 Å². The quantitative estimate of drug-likeness (QED) is 0.613. The third-order valence-corrected chi connectivity index (χ3v) is 4.30. The van der Waals surface area contributed by atoms with Crippen molar-refractivity contribution in [3.8, 4) is 5.75 Å². The standard InChI is InChI=1S/C20H18BrN3O2/c1-26-18-9-7-15(13-17(18)21)8-10-20(25)22-19-11-12-24(23-19)14-16-5-3-2-4-6-16/h2-13H,14H2,1H3,(H,22,23,25). The van der Waals surface area contributed by atoms with Crippen molar-refractivity contribution in [1.29, 1.82) is 0 Å². The van der Waals surface area contributed by atoms with Gasteiger partial charge in [-0.3, -0.25) is 9.48 Å². The van der Waals surface area contributed by atoms with Crippen molar-refractivity contribution in [3.63, 3.8) is 0 Å². The molecule has 1 N–H and O–H groups in total. The number of carbonyl (C=O) groups excluding carboxylic acids is 1. The molecule has 6 heteroatoms. The van der Waals surface area contributed by atoms with E-state index in [0.29, 0.717) is 12.4 Å². The molecular formula is C20H18BrN3O2. The van der Waals surface area contributed by atoms with Crippen LogP contribution in [0.5, 0.6) is 5.75 Å². The van der Waals surface area contributed by atoms with Crippen LogP contribution in [0.25, 0.3) is 6.08 Å². The summed E-state index contributed by atoms with van der Waals surface area (Å²) < 4.78 is 7.81. The molecule has 1 aromatic heterocycles. The Morgan fingerprint density at radius 3 is 2.77 bits per heavy atom. The van der Waals surface area contributed by atoms with Crippen molar-refractivity contribution in [2.45, 2.75) is 6.54 Å². The maximum Gasteiger partial charge on any atom is 0.249 e. The Morgan fingerprint density at radius 1 is 1.23 bits per heavy atom. The van der Waals surface area contributed by atoms with Gasteiger partial charge in [-0.2, -0.15) is 5.10 Å². The molecule has 0 aliphatic rings. The first kappa shape index (κ1) is 17.9. The van der Waals surface area contributed by atoms with Gasteiger partial charge in [0.25, 0.3) is 0 Å². The van der Waals surface area contributed by atoms with E-state index in [4.69, 9.17) is 4.74 Å². The molecule has 0 unspecified atom stereocenters. The summed E-state index contributed by atoms with van der Waals surface area (Å²) in [6.07, 6.45) is 5.05. The van der Waals surface area contributed by atoms with Crippen molar-refractivity contribution in [2.24, 2.45) is 0 Å². The molecule has 1 amide bonds. The molecule has 0 radical (unpaired) electrons. The second kappa shape index (κ2) is 8.49. The average molecular weight is 412 g/mol. The number of amides is 1. The van der Waals surface area contributed by atoms with Crippen LogP contribution in [0.4, 0.5) is 5.82 Å². The molecule has 26 heavy (non-hydrogen) atoms. The number of anilines is 1. The summed E-state index contributed by atoms with van der Waals surface area (Å²) in [6, 6.07) is 17.4. The molecule has 0 saturated carbocycles. The van der Waals surface area contributed by atoms with Crippen LogP contribution >= 0.6 is 15.9 Å². The SMILES string of the molecule is COc1ccc(C=CC(=O)Nc2ccn(Cc3ccccc3)n2)cc1Br. The third-order valence-electron chi connectivity index (χ3n) is 3.68. The van der Waals surface area contributed by atoms with E-state index in [1.54, 1.807) is 23.9 Å². The van der Waals surface area contributed by atoms with Gasteiger partial charge in [-0.15, -0.1) is 0 Å². The molecule has 132 valence electrons. The molecule has 3 aromatic rings. The second-order valence-electron chi connectivity index (χ2n) is 5.60. The topological polar surface area (TPSA) is 56.1 Å². The first-order valence-corrected chi connectivity index (χ1v) is 8.83. The summed E-state index contributed by atoms with van der Waals surface area (Å²) >= 11 is 3.43. The van der Waals surface area contributed by atoms with E-state index in [0.717, 1.165) is 21.3 Å². The van der Waals surface area contributed by atoms with E-state index in [1.165, 1.54) is 6.08 Å². The Balaban J connectivity index is 1.59. The molecule has 0 saturated heterocycles. The van der Waals surface area contributed by atoms with E-state index >= 15 is 0 Å². The van der Waals surface area contributed by atoms with Gasteiger partial charge in [0.15, 0.2) is 5.82 Å². The predicted octanol–water partition coefficient (Wildman–Crippen LogP) is 4.35. The number of nitrogens with zero attached hydrogens (tertiary/aromatic N) is 2. The number of hydrogen-bond donors (Lipinski definition) is 1. The Bertz CT molecular complexity index is 920. The fraction of sp³-hybridized carbons (Fsp3) is 0.100. The summed E-state index contributed by atoms with van der Waals surface area (Å²) in [4.78, 5) is 12.1. The largest absolute Gasteiger partial charge is 0.496 e. The molecular weight excluding hydrogens is 394 g/mol. The Labute approximate surface area is 160 Å². The third kappa shape index (κ3) is 4.83. The number of benzene rings is 2. The molecule has 0 aliphatic heterocycles. The smallest absolute Gasteiger partial charge is 0.249 e. The second-order valence-corrected chi connectivity index (χ2v) is 6.46. The van der Waals surface area contributed by atoms with Gasteiger partial charge in [0.2, 0.25) is 5.91 Å². The zero-order valence-corrected chi connectivity index (χ0v) is 15.8. The highest BCUT2D eigenvalue weighted by molar-refractivity contribution is 9.10. The molecule has 5 nitrogen and oxygen atoms in total. The van der Waals surface area contributed by atoms with Crippen molar-refractivity contribution in [1.82, 2.24) is 9.78 Å². The molecule has 3 rings (SSSR count). The number of carbonyl (C=O) groups is 1. The monoisotopic (exact) mass is 411 g/mol. The van der Waals surface area contributed by atoms with E-state index in [-0.39, 0.29) is 5.91 Å². The summed E-state index contributed by atoms with van der Waals surface area (Å²) in [5.74, 6) is 1.03. The molecule has 0 fully saturated rings. The number of ether oxygens (including phenoxy) is 1. The zero-order chi connectivity index (χ0) is 18.4. The lowest BCUT2D eigenvalue weighted by Gasteiger charge is -2.03. The summed E-state index contributed by atoms with van der Waals surface area (Å²) in [6.45, 7) is 0.659. The number of methoxy groups -OCH3 is 1. The number of nitrogens with one attached hydrogen (secondary N) is 1. The van der Waals surface area contributed by atoms with Crippen LogP contribution in [0.1, 0.15) is 11.1 Å². The Morgan fingerprint density at radius 2 is 2.04 bits per heavy atom. The predicted molar refractivity (Wildman–Crippen MR) is 106 cm³/mol. The minimum absolute atomic E-state index is 0.234. The van der Waals surface area contributed by atoms with E-state index in [1.807, 2.05) is 54.7 Å². The van der Waals surface area contributed by atoms with Gasteiger partial charge in [0.1, 0.15) is 5.75 Å². The maximum absolute atomic E-state index is 12.1. The molecule has 2 aromatic carbocycles. The van der Waals surface area contributed by atoms with Crippen molar-refractivity contribution in [3.05, 3.63) is 82.5 Å². The van der Waals surface area contributed by atoms with Gasteiger partial charge in [-0.1, -0.05) is 36.4 Å². The zero-order valence-electron chi connectivity index (χ0n) is 14.2. The first-order chi connectivity index (χ1) is 12.6. The van der Waals surface area contributed by atoms with Crippen LogP contribution in [-0.2, 0) is 11.3 Å². The van der Waals surface area contributed by atoms with Gasteiger partial charge >= 0.3 is 0 Å². The summed E-state index contributed by atoms with van der Waals surface area (Å²) in [7, 11) is 1.61. The van der Waals surface area contributed by atoms with Crippen LogP contribution < -0.4 is 10.1 Å². The van der Waals surface area contributed by atoms with Gasteiger partial charge in [0, 0.05) is 18.3 Å². The fourth-order valence-electron chi connectivity index (χ4n) is 2.41. The highest BCUT2D eigenvalue weighted by atomic mass is 79.9. The summed E-state index contributed by atoms with van der Waals surface area (Å²) in [5.41, 5.74) is 2.04. The van der Waals surface area contributed by atoms with Crippen LogP contribution in [0.3, 0.4) is 0 Å². The normalized spacial score (nSPS) is 10.8. The number of rotatable bonds is 6. The lowest BCUT2D eigenvalue weighted by Crippen LogP contribution is -2.09. The van der Waals surface area contributed by atoms with Crippen molar-refractivity contribution >= 4 is 33.7 Å². The fourth-order valence-corrected chi connectivity index (χ4v) is 2.97.